The van der Waals surface area contributed by atoms with Crippen LogP contribution in [0.1, 0.15) is 37.7 Å². The molecular weight excluding hydrogens is 236 g/mol. The minimum Gasteiger partial charge on any atom is -0.465 e. The van der Waals surface area contributed by atoms with Crippen molar-refractivity contribution < 1.29 is 9.53 Å². The van der Waals surface area contributed by atoms with Crippen molar-refractivity contribution in [3.63, 3.8) is 0 Å². The molecule has 2 nitrogen and oxygen atoms in total. The Labute approximate surface area is 115 Å². The van der Waals surface area contributed by atoms with Crippen LogP contribution in [-0.2, 0) is 9.53 Å². The highest BCUT2D eigenvalue weighted by molar-refractivity contribution is 5.74. The zero-order valence-corrected chi connectivity index (χ0v) is 11.5. The van der Waals surface area contributed by atoms with Crippen molar-refractivity contribution in [1.82, 2.24) is 0 Å². The maximum absolute atomic E-state index is 12.0. The number of carbonyl (C=O) groups is 1. The SMILES string of the molecule is C=CC1C(CCCC)C(=O)OCC1c1ccccc1. The van der Waals surface area contributed by atoms with Crippen LogP contribution in [0.2, 0.25) is 0 Å². The Kier molecular flexibility index (Phi) is 4.78. The molecule has 3 atom stereocenters. The Morgan fingerprint density at radius 3 is 2.74 bits per heavy atom. The minimum atomic E-state index is -0.0504. The number of hydrogen-bond donors (Lipinski definition) is 0. The molecule has 0 aromatic heterocycles. The summed E-state index contributed by atoms with van der Waals surface area (Å²) in [7, 11) is 0. The maximum Gasteiger partial charge on any atom is 0.309 e. The Morgan fingerprint density at radius 1 is 1.37 bits per heavy atom. The Hall–Kier alpha value is -1.57. The van der Waals surface area contributed by atoms with Gasteiger partial charge in [0.15, 0.2) is 0 Å². The molecular formula is C17H22O2. The second kappa shape index (κ2) is 6.55. The van der Waals surface area contributed by atoms with Crippen LogP contribution in [0.4, 0.5) is 0 Å². The number of hydrogen-bond acceptors (Lipinski definition) is 2. The fraction of sp³-hybridized carbons (Fsp3) is 0.471. The number of esters is 1. The molecule has 1 aliphatic heterocycles. The number of rotatable bonds is 5. The van der Waals surface area contributed by atoms with E-state index in [-0.39, 0.29) is 23.7 Å². The third-order valence-corrected chi connectivity index (χ3v) is 4.01. The minimum absolute atomic E-state index is 0.0311. The fourth-order valence-corrected chi connectivity index (χ4v) is 2.91. The van der Waals surface area contributed by atoms with Crippen molar-refractivity contribution in [2.24, 2.45) is 11.8 Å². The average Bonchev–Trinajstić information content (AvgIpc) is 2.46. The van der Waals surface area contributed by atoms with Crippen LogP contribution in [0, 0.1) is 11.8 Å². The first-order valence-corrected chi connectivity index (χ1v) is 7.12. The predicted molar refractivity (Wildman–Crippen MR) is 76.8 cm³/mol. The van der Waals surface area contributed by atoms with E-state index in [1.165, 1.54) is 5.56 Å². The fourth-order valence-electron chi connectivity index (χ4n) is 2.91. The number of ether oxygens (including phenoxy) is 1. The quantitative estimate of drug-likeness (QED) is 0.590. The number of allylic oxidation sites excluding steroid dienone is 1. The third-order valence-electron chi connectivity index (χ3n) is 4.01. The molecule has 1 aromatic carbocycles. The predicted octanol–water partition coefficient (Wildman–Crippen LogP) is 3.94. The standard InChI is InChI=1S/C17H22O2/c1-3-5-11-15-14(4-2)16(12-19-17(15)18)13-9-7-6-8-10-13/h4,6-10,14-16H,2-3,5,11-12H2,1H3. The molecule has 2 rings (SSSR count). The molecule has 0 N–H and O–H groups in total. The molecule has 0 radical (unpaired) electrons. The summed E-state index contributed by atoms with van der Waals surface area (Å²) in [4.78, 5) is 12.0. The molecule has 1 heterocycles. The molecule has 1 fully saturated rings. The molecule has 1 aliphatic rings. The average molecular weight is 258 g/mol. The van der Waals surface area contributed by atoms with Gasteiger partial charge in [0.05, 0.1) is 12.5 Å². The zero-order valence-electron chi connectivity index (χ0n) is 11.5. The molecule has 0 bridgehead atoms. The summed E-state index contributed by atoms with van der Waals surface area (Å²) < 4.78 is 5.40. The van der Waals surface area contributed by atoms with E-state index in [9.17, 15) is 4.79 Å². The van der Waals surface area contributed by atoms with Gasteiger partial charge in [0.25, 0.3) is 0 Å². The molecule has 0 spiro atoms. The van der Waals surface area contributed by atoms with E-state index in [1.807, 2.05) is 24.3 Å². The number of benzene rings is 1. The van der Waals surface area contributed by atoms with Crippen LogP contribution in [0.25, 0.3) is 0 Å². The van der Waals surface area contributed by atoms with Crippen LogP contribution in [0.5, 0.6) is 0 Å². The molecule has 102 valence electrons. The summed E-state index contributed by atoms with van der Waals surface area (Å²) >= 11 is 0. The van der Waals surface area contributed by atoms with Gasteiger partial charge in [-0.1, -0.05) is 56.2 Å². The number of unbranched alkanes of at least 4 members (excludes halogenated alkanes) is 1. The van der Waals surface area contributed by atoms with E-state index in [2.05, 4.69) is 25.6 Å². The molecule has 0 saturated carbocycles. The van der Waals surface area contributed by atoms with E-state index in [0.717, 1.165) is 19.3 Å². The summed E-state index contributed by atoms with van der Waals surface area (Å²) in [5.41, 5.74) is 1.24. The van der Waals surface area contributed by atoms with Gasteiger partial charge in [0, 0.05) is 5.92 Å². The number of carbonyl (C=O) groups excluding carboxylic acids is 1. The van der Waals surface area contributed by atoms with Crippen molar-refractivity contribution in [2.45, 2.75) is 32.1 Å². The lowest BCUT2D eigenvalue weighted by Crippen LogP contribution is -2.37. The maximum atomic E-state index is 12.0. The first kappa shape index (κ1) is 13.9. The van der Waals surface area contributed by atoms with Crippen LogP contribution >= 0.6 is 0 Å². The Balaban J connectivity index is 2.20. The third kappa shape index (κ3) is 3.06. The Bertz CT molecular complexity index is 424. The summed E-state index contributed by atoms with van der Waals surface area (Å²) in [5.74, 6) is 0.357. The van der Waals surface area contributed by atoms with Crippen LogP contribution < -0.4 is 0 Å². The van der Waals surface area contributed by atoms with Crippen molar-refractivity contribution in [3.05, 3.63) is 48.6 Å². The second-order valence-electron chi connectivity index (χ2n) is 5.21. The van der Waals surface area contributed by atoms with Gasteiger partial charge in [0.2, 0.25) is 0 Å². The van der Waals surface area contributed by atoms with Gasteiger partial charge in [-0.2, -0.15) is 0 Å². The lowest BCUT2D eigenvalue weighted by molar-refractivity contribution is -0.157. The summed E-state index contributed by atoms with van der Waals surface area (Å²) in [6, 6.07) is 10.3. The van der Waals surface area contributed by atoms with Gasteiger partial charge in [-0.25, -0.2) is 0 Å². The highest BCUT2D eigenvalue weighted by Crippen LogP contribution is 2.38. The van der Waals surface area contributed by atoms with Crippen molar-refractivity contribution >= 4 is 5.97 Å². The monoisotopic (exact) mass is 258 g/mol. The smallest absolute Gasteiger partial charge is 0.309 e. The number of cyclic esters (lactones) is 1. The van der Waals surface area contributed by atoms with Crippen LogP contribution in [-0.4, -0.2) is 12.6 Å². The normalized spacial score (nSPS) is 26.8. The van der Waals surface area contributed by atoms with Crippen molar-refractivity contribution in [3.8, 4) is 0 Å². The summed E-state index contributed by atoms with van der Waals surface area (Å²) in [6.45, 7) is 6.56. The first-order valence-electron chi connectivity index (χ1n) is 7.12. The van der Waals surface area contributed by atoms with Gasteiger partial charge in [-0.15, -0.1) is 6.58 Å². The van der Waals surface area contributed by atoms with Gasteiger partial charge in [0.1, 0.15) is 0 Å². The highest BCUT2D eigenvalue weighted by atomic mass is 16.5. The Morgan fingerprint density at radius 2 is 2.11 bits per heavy atom. The lowest BCUT2D eigenvalue weighted by atomic mass is 9.75. The molecule has 1 saturated heterocycles. The summed E-state index contributed by atoms with van der Waals surface area (Å²) in [5, 5.41) is 0. The van der Waals surface area contributed by atoms with E-state index in [4.69, 9.17) is 4.74 Å². The van der Waals surface area contributed by atoms with E-state index < -0.39 is 0 Å². The van der Waals surface area contributed by atoms with E-state index >= 15 is 0 Å². The zero-order chi connectivity index (χ0) is 13.7. The van der Waals surface area contributed by atoms with Crippen molar-refractivity contribution in [2.75, 3.05) is 6.61 Å². The van der Waals surface area contributed by atoms with Gasteiger partial charge in [-0.05, 0) is 17.9 Å². The highest BCUT2D eigenvalue weighted by Gasteiger charge is 2.38. The lowest BCUT2D eigenvalue weighted by Gasteiger charge is -2.35. The summed E-state index contributed by atoms with van der Waals surface area (Å²) in [6.07, 6.45) is 5.00. The largest absolute Gasteiger partial charge is 0.465 e. The molecule has 19 heavy (non-hydrogen) atoms. The molecule has 3 unspecified atom stereocenters. The van der Waals surface area contributed by atoms with Crippen LogP contribution in [0.3, 0.4) is 0 Å². The van der Waals surface area contributed by atoms with Gasteiger partial charge in [-0.3, -0.25) is 4.79 Å². The topological polar surface area (TPSA) is 26.3 Å². The van der Waals surface area contributed by atoms with E-state index in [1.54, 1.807) is 0 Å². The second-order valence-corrected chi connectivity index (χ2v) is 5.21. The van der Waals surface area contributed by atoms with E-state index in [0.29, 0.717) is 6.61 Å². The van der Waals surface area contributed by atoms with Gasteiger partial charge >= 0.3 is 5.97 Å². The van der Waals surface area contributed by atoms with Crippen molar-refractivity contribution in [1.29, 1.82) is 0 Å². The molecule has 1 aromatic rings. The molecule has 0 aliphatic carbocycles. The molecule has 0 amide bonds. The van der Waals surface area contributed by atoms with Gasteiger partial charge < -0.3 is 4.74 Å². The molecule has 2 heteroatoms. The first-order chi connectivity index (χ1) is 9.27. The van der Waals surface area contributed by atoms with Crippen LogP contribution in [0.15, 0.2) is 43.0 Å².